The van der Waals surface area contributed by atoms with E-state index in [4.69, 9.17) is 4.74 Å². The molecule has 4 aromatic rings. The summed E-state index contributed by atoms with van der Waals surface area (Å²) < 4.78 is 7.58. The predicted octanol–water partition coefficient (Wildman–Crippen LogP) is 5.91. The Morgan fingerprint density at radius 1 is 0.971 bits per heavy atom. The Morgan fingerprint density at radius 2 is 1.82 bits per heavy atom. The Labute approximate surface area is 197 Å². The molecule has 1 aliphatic heterocycles. The highest BCUT2D eigenvalue weighted by Gasteiger charge is 2.26. The van der Waals surface area contributed by atoms with Gasteiger partial charge in [0.05, 0.1) is 5.69 Å². The predicted molar refractivity (Wildman–Crippen MR) is 134 cm³/mol. The maximum Gasteiger partial charge on any atom is 0.414 e. The van der Waals surface area contributed by atoms with E-state index in [0.717, 1.165) is 40.6 Å². The summed E-state index contributed by atoms with van der Waals surface area (Å²) in [4.78, 5) is 27.2. The number of urea groups is 1. The average molecular weight is 455 g/mol. The van der Waals surface area contributed by atoms with Crippen LogP contribution in [0.3, 0.4) is 0 Å². The number of aromatic nitrogens is 1. The summed E-state index contributed by atoms with van der Waals surface area (Å²) in [7, 11) is 1.99. The molecule has 0 atom stereocenters. The number of aryl methyl sites for hydroxylation is 1. The maximum atomic E-state index is 12.8. The Kier molecular flexibility index (Phi) is 5.91. The van der Waals surface area contributed by atoms with Crippen molar-refractivity contribution in [1.29, 1.82) is 0 Å². The molecule has 7 heteroatoms. The standard InChI is InChI=1S/C27H26N4O3/c1-30-16-14-20-17-21(12-13-24(20)30)28-26(32)29-23-10-5-11-25-22(23)9-6-15-31(25)27(33)34-18-19-7-3-2-4-8-19/h2-5,7-8,10-14,16-17H,6,9,15,18H2,1H3,(H2,28,29,32). The fraction of sp³-hybridized carbons (Fsp3) is 0.185. The zero-order chi connectivity index (χ0) is 23.5. The minimum absolute atomic E-state index is 0.220. The molecular weight excluding hydrogens is 428 g/mol. The van der Waals surface area contributed by atoms with Gasteiger partial charge in [-0.15, -0.1) is 0 Å². The van der Waals surface area contributed by atoms with Gasteiger partial charge in [-0.3, -0.25) is 4.90 Å². The van der Waals surface area contributed by atoms with E-state index < -0.39 is 0 Å². The molecule has 2 heterocycles. The summed E-state index contributed by atoms with van der Waals surface area (Å²) in [6, 6.07) is 22.7. The number of nitrogens with one attached hydrogen (secondary N) is 2. The van der Waals surface area contributed by atoms with Gasteiger partial charge in [-0.05, 0) is 60.4 Å². The summed E-state index contributed by atoms with van der Waals surface area (Å²) in [6.45, 7) is 0.797. The molecule has 3 aromatic carbocycles. The quantitative estimate of drug-likeness (QED) is 0.402. The third kappa shape index (κ3) is 4.45. The van der Waals surface area contributed by atoms with Crippen LogP contribution in [-0.2, 0) is 24.8 Å². The number of nitrogens with zero attached hydrogens (tertiary/aromatic N) is 2. The third-order valence-corrected chi connectivity index (χ3v) is 6.07. The Bertz CT molecular complexity index is 1350. The lowest BCUT2D eigenvalue weighted by Gasteiger charge is -2.30. The van der Waals surface area contributed by atoms with Gasteiger partial charge in [-0.25, -0.2) is 9.59 Å². The van der Waals surface area contributed by atoms with Crippen molar-refractivity contribution in [2.24, 2.45) is 7.05 Å². The third-order valence-electron chi connectivity index (χ3n) is 6.07. The summed E-state index contributed by atoms with van der Waals surface area (Å²) in [5, 5.41) is 6.92. The summed E-state index contributed by atoms with van der Waals surface area (Å²) in [5.74, 6) is 0. The molecule has 5 rings (SSSR count). The Balaban J connectivity index is 1.28. The van der Waals surface area contributed by atoms with Crippen molar-refractivity contribution < 1.29 is 14.3 Å². The minimum Gasteiger partial charge on any atom is -0.444 e. The highest BCUT2D eigenvalue weighted by molar-refractivity contribution is 6.02. The molecule has 0 bridgehead atoms. The molecule has 1 aromatic heterocycles. The van der Waals surface area contributed by atoms with E-state index >= 15 is 0 Å². The summed E-state index contributed by atoms with van der Waals surface area (Å²) in [6.07, 6.45) is 3.16. The number of fused-ring (bicyclic) bond motifs is 2. The van der Waals surface area contributed by atoms with Crippen molar-refractivity contribution in [3.8, 4) is 0 Å². The van der Waals surface area contributed by atoms with E-state index in [1.165, 1.54) is 0 Å². The molecule has 2 N–H and O–H groups in total. The van der Waals surface area contributed by atoms with E-state index in [-0.39, 0.29) is 18.7 Å². The van der Waals surface area contributed by atoms with E-state index in [1.54, 1.807) is 4.90 Å². The van der Waals surface area contributed by atoms with Crippen LogP contribution in [0, 0.1) is 0 Å². The average Bonchev–Trinajstić information content (AvgIpc) is 3.23. The van der Waals surface area contributed by atoms with Crippen molar-refractivity contribution in [3.05, 3.63) is 90.1 Å². The first kappa shape index (κ1) is 21.6. The van der Waals surface area contributed by atoms with Crippen molar-refractivity contribution in [1.82, 2.24) is 4.57 Å². The second-order valence-corrected chi connectivity index (χ2v) is 8.38. The number of carbonyl (C=O) groups is 2. The smallest absolute Gasteiger partial charge is 0.414 e. The molecule has 0 aliphatic carbocycles. The molecular formula is C27H26N4O3. The zero-order valence-electron chi connectivity index (χ0n) is 19.0. The number of anilines is 3. The number of carbonyl (C=O) groups excluding carboxylic acids is 2. The number of ether oxygens (including phenoxy) is 1. The number of benzene rings is 3. The molecule has 0 saturated heterocycles. The largest absolute Gasteiger partial charge is 0.444 e. The fourth-order valence-electron chi connectivity index (χ4n) is 4.37. The molecule has 3 amide bonds. The van der Waals surface area contributed by atoms with Crippen LogP contribution in [-0.4, -0.2) is 23.2 Å². The summed E-state index contributed by atoms with van der Waals surface area (Å²) in [5.41, 5.74) is 5.14. The van der Waals surface area contributed by atoms with Gasteiger partial charge in [-0.2, -0.15) is 0 Å². The van der Waals surface area contributed by atoms with Crippen molar-refractivity contribution in [2.45, 2.75) is 19.4 Å². The topological polar surface area (TPSA) is 75.6 Å². The molecule has 1 aliphatic rings. The summed E-state index contributed by atoms with van der Waals surface area (Å²) >= 11 is 0. The van der Waals surface area contributed by atoms with Crippen molar-refractivity contribution in [2.75, 3.05) is 22.1 Å². The van der Waals surface area contributed by atoms with Gasteiger partial charge in [0.1, 0.15) is 6.61 Å². The first-order valence-electron chi connectivity index (χ1n) is 11.3. The number of rotatable bonds is 4. The van der Waals surface area contributed by atoms with Crippen molar-refractivity contribution >= 4 is 40.1 Å². The van der Waals surface area contributed by atoms with Crippen LogP contribution in [0.25, 0.3) is 10.9 Å². The van der Waals surface area contributed by atoms with Crippen LogP contribution < -0.4 is 15.5 Å². The highest BCUT2D eigenvalue weighted by Crippen LogP contribution is 2.33. The minimum atomic E-state index is -0.387. The van der Waals surface area contributed by atoms with Crippen LogP contribution in [0.5, 0.6) is 0 Å². The molecule has 0 spiro atoms. The van der Waals surface area contributed by atoms with Gasteiger partial charge < -0.3 is 19.9 Å². The normalized spacial score (nSPS) is 12.8. The lowest BCUT2D eigenvalue weighted by atomic mass is 10.00. The monoisotopic (exact) mass is 454 g/mol. The van der Waals surface area contributed by atoms with Gasteiger partial charge in [0.15, 0.2) is 0 Å². The first-order valence-corrected chi connectivity index (χ1v) is 11.3. The van der Waals surface area contributed by atoms with Gasteiger partial charge in [0, 0.05) is 42.1 Å². The fourth-order valence-corrected chi connectivity index (χ4v) is 4.37. The second-order valence-electron chi connectivity index (χ2n) is 8.38. The molecule has 34 heavy (non-hydrogen) atoms. The van der Waals surface area contributed by atoms with Crippen LogP contribution in [0.15, 0.2) is 79.0 Å². The lowest BCUT2D eigenvalue weighted by molar-refractivity contribution is 0.146. The number of hydrogen-bond donors (Lipinski definition) is 2. The highest BCUT2D eigenvalue weighted by atomic mass is 16.6. The lowest BCUT2D eigenvalue weighted by Crippen LogP contribution is -2.36. The Hall–Kier alpha value is -4.26. The molecule has 172 valence electrons. The van der Waals surface area contributed by atoms with E-state index in [1.807, 2.05) is 90.6 Å². The number of hydrogen-bond acceptors (Lipinski definition) is 3. The number of amides is 3. The van der Waals surface area contributed by atoms with E-state index in [2.05, 4.69) is 10.6 Å². The van der Waals surface area contributed by atoms with Gasteiger partial charge in [-0.1, -0.05) is 36.4 Å². The van der Waals surface area contributed by atoms with E-state index in [9.17, 15) is 9.59 Å². The molecule has 0 fully saturated rings. The zero-order valence-corrected chi connectivity index (χ0v) is 19.0. The Morgan fingerprint density at radius 3 is 2.68 bits per heavy atom. The van der Waals surface area contributed by atoms with Gasteiger partial charge >= 0.3 is 12.1 Å². The first-order chi connectivity index (χ1) is 16.6. The van der Waals surface area contributed by atoms with Crippen LogP contribution in [0.4, 0.5) is 26.7 Å². The molecule has 0 radical (unpaired) electrons. The van der Waals surface area contributed by atoms with E-state index in [0.29, 0.717) is 17.9 Å². The van der Waals surface area contributed by atoms with Crippen LogP contribution in [0.2, 0.25) is 0 Å². The molecule has 0 saturated carbocycles. The van der Waals surface area contributed by atoms with Crippen LogP contribution >= 0.6 is 0 Å². The maximum absolute atomic E-state index is 12.8. The molecule has 7 nitrogen and oxygen atoms in total. The van der Waals surface area contributed by atoms with Gasteiger partial charge in [0.25, 0.3) is 0 Å². The molecule has 0 unspecified atom stereocenters. The van der Waals surface area contributed by atoms with Crippen molar-refractivity contribution in [3.63, 3.8) is 0 Å². The SMILES string of the molecule is Cn1ccc2cc(NC(=O)Nc3cccc4c3CCCN4C(=O)OCc3ccccc3)ccc21. The van der Waals surface area contributed by atoms with Crippen LogP contribution in [0.1, 0.15) is 17.5 Å². The second kappa shape index (κ2) is 9.31. The van der Waals surface area contributed by atoms with Gasteiger partial charge in [0.2, 0.25) is 0 Å².